The number of nitrogens with two attached hydrogens (primary N) is 1. The maximum atomic E-state index is 12.7. The first-order valence-electron chi connectivity index (χ1n) is 9.73. The van der Waals surface area contributed by atoms with Crippen LogP contribution in [0.15, 0.2) is 76.4 Å². The highest BCUT2D eigenvalue weighted by Crippen LogP contribution is 2.28. The Bertz CT molecular complexity index is 1330. The van der Waals surface area contributed by atoms with E-state index in [9.17, 15) is 19.7 Å². The second kappa shape index (κ2) is 9.53. The van der Waals surface area contributed by atoms with E-state index in [1.807, 2.05) is 24.3 Å². The number of aromatic nitrogens is 1. The highest BCUT2D eigenvalue weighted by atomic mass is 32.2. The number of nitro groups is 1. The summed E-state index contributed by atoms with van der Waals surface area (Å²) >= 11 is 1.34. The minimum Gasteiger partial charge on any atom is -0.457 e. The number of hydrogen-bond acceptors (Lipinski definition) is 8. The molecule has 33 heavy (non-hydrogen) atoms. The SMILES string of the molecule is NC(=O)c1ccc(COC(=O)c2ccccc2CSc2nc3ccccc3o2)c([N+](=O)[O-])c1. The van der Waals surface area contributed by atoms with Gasteiger partial charge in [0.1, 0.15) is 12.1 Å². The fourth-order valence-corrected chi connectivity index (χ4v) is 3.97. The number of ether oxygens (including phenoxy) is 1. The number of fused-ring (bicyclic) bond motifs is 1. The average molecular weight is 463 g/mol. The van der Waals surface area contributed by atoms with Crippen LogP contribution >= 0.6 is 11.8 Å². The Balaban J connectivity index is 1.47. The molecule has 0 radical (unpaired) electrons. The number of nitro benzene ring substituents is 1. The Kier molecular flexibility index (Phi) is 6.36. The quantitative estimate of drug-likeness (QED) is 0.175. The highest BCUT2D eigenvalue weighted by molar-refractivity contribution is 7.98. The smallest absolute Gasteiger partial charge is 0.338 e. The molecule has 0 saturated heterocycles. The van der Waals surface area contributed by atoms with E-state index in [1.165, 1.54) is 23.9 Å². The highest BCUT2D eigenvalue weighted by Gasteiger charge is 2.19. The summed E-state index contributed by atoms with van der Waals surface area (Å²) in [6.45, 7) is -0.333. The molecule has 10 heteroatoms. The van der Waals surface area contributed by atoms with Crippen LogP contribution in [0.3, 0.4) is 0 Å². The third-order valence-electron chi connectivity index (χ3n) is 4.79. The molecule has 4 rings (SSSR count). The molecule has 0 aliphatic heterocycles. The van der Waals surface area contributed by atoms with E-state index < -0.39 is 16.8 Å². The number of esters is 1. The standard InChI is InChI=1S/C23H17N3O6S/c24-21(27)14-9-10-15(19(11-14)26(29)30)12-31-22(28)17-6-2-1-5-16(17)13-33-23-25-18-7-3-4-8-20(18)32-23/h1-11H,12-13H2,(H2,24,27). The first kappa shape index (κ1) is 22.0. The summed E-state index contributed by atoms with van der Waals surface area (Å²) in [5.74, 6) is -1.00. The van der Waals surface area contributed by atoms with Gasteiger partial charge >= 0.3 is 5.97 Å². The van der Waals surface area contributed by atoms with Gasteiger partial charge in [0.25, 0.3) is 10.9 Å². The van der Waals surface area contributed by atoms with Crippen molar-refractivity contribution >= 4 is 40.4 Å². The van der Waals surface area contributed by atoms with Gasteiger partial charge in [0.05, 0.1) is 16.1 Å². The topological polar surface area (TPSA) is 139 Å². The fraction of sp³-hybridized carbons (Fsp3) is 0.0870. The molecular formula is C23H17N3O6S. The minimum absolute atomic E-state index is 0.00153. The summed E-state index contributed by atoms with van der Waals surface area (Å²) < 4.78 is 11.0. The van der Waals surface area contributed by atoms with Gasteiger partial charge in [-0.2, -0.15) is 0 Å². The Morgan fingerprint density at radius 3 is 2.58 bits per heavy atom. The molecular weight excluding hydrogens is 446 g/mol. The van der Waals surface area contributed by atoms with E-state index >= 15 is 0 Å². The van der Waals surface area contributed by atoms with Crippen LogP contribution in [0, 0.1) is 10.1 Å². The van der Waals surface area contributed by atoms with Gasteiger partial charge < -0.3 is 14.9 Å². The first-order valence-corrected chi connectivity index (χ1v) is 10.7. The lowest BCUT2D eigenvalue weighted by molar-refractivity contribution is -0.385. The second-order valence-corrected chi connectivity index (χ2v) is 7.86. The van der Waals surface area contributed by atoms with Crippen molar-refractivity contribution in [3.8, 4) is 0 Å². The average Bonchev–Trinajstić information content (AvgIpc) is 3.24. The molecule has 9 nitrogen and oxygen atoms in total. The van der Waals surface area contributed by atoms with Crippen LogP contribution in [0.1, 0.15) is 31.8 Å². The number of carbonyl (C=O) groups is 2. The molecule has 0 fully saturated rings. The number of benzene rings is 3. The number of hydrogen-bond donors (Lipinski definition) is 1. The predicted octanol–water partition coefficient (Wildman–Crippen LogP) is 4.48. The first-order chi connectivity index (χ1) is 15.9. The van der Waals surface area contributed by atoms with Crippen molar-refractivity contribution in [2.75, 3.05) is 0 Å². The predicted molar refractivity (Wildman–Crippen MR) is 121 cm³/mol. The zero-order valence-electron chi connectivity index (χ0n) is 17.1. The molecule has 0 unspecified atom stereocenters. The molecule has 1 amide bonds. The van der Waals surface area contributed by atoms with Gasteiger partial charge in [0.15, 0.2) is 5.58 Å². The summed E-state index contributed by atoms with van der Waals surface area (Å²) in [4.78, 5) is 39.1. The van der Waals surface area contributed by atoms with Gasteiger partial charge in [-0.1, -0.05) is 42.1 Å². The number of nitrogens with zero attached hydrogens (tertiary/aromatic N) is 2. The zero-order valence-corrected chi connectivity index (χ0v) is 17.9. The van der Waals surface area contributed by atoms with Crippen LogP contribution in [0.2, 0.25) is 0 Å². The number of thioether (sulfide) groups is 1. The lowest BCUT2D eigenvalue weighted by Crippen LogP contribution is -2.12. The molecule has 2 N–H and O–H groups in total. The maximum absolute atomic E-state index is 12.7. The van der Waals surface area contributed by atoms with E-state index in [2.05, 4.69) is 4.98 Å². The van der Waals surface area contributed by atoms with Gasteiger partial charge in [-0.05, 0) is 35.9 Å². The second-order valence-electron chi connectivity index (χ2n) is 6.93. The molecule has 0 aliphatic rings. The van der Waals surface area contributed by atoms with Gasteiger partial charge in [0.2, 0.25) is 5.91 Å². The van der Waals surface area contributed by atoms with Crippen molar-refractivity contribution in [2.24, 2.45) is 5.73 Å². The fourth-order valence-electron chi connectivity index (χ4n) is 3.13. The number of amides is 1. The maximum Gasteiger partial charge on any atom is 0.338 e. The molecule has 3 aromatic carbocycles. The minimum atomic E-state index is -0.785. The van der Waals surface area contributed by atoms with Crippen LogP contribution in [-0.2, 0) is 17.1 Å². The van der Waals surface area contributed by atoms with E-state index in [0.717, 1.165) is 11.6 Å². The van der Waals surface area contributed by atoms with Crippen molar-refractivity contribution < 1.29 is 23.7 Å². The van der Waals surface area contributed by atoms with Gasteiger partial charge in [-0.25, -0.2) is 9.78 Å². The number of para-hydroxylation sites is 2. The molecule has 0 bridgehead atoms. The third kappa shape index (κ3) is 5.01. The molecule has 4 aromatic rings. The summed E-state index contributed by atoms with van der Waals surface area (Å²) in [7, 11) is 0. The van der Waals surface area contributed by atoms with E-state index in [1.54, 1.807) is 24.3 Å². The van der Waals surface area contributed by atoms with Crippen molar-refractivity contribution in [1.82, 2.24) is 4.98 Å². The third-order valence-corrected chi connectivity index (χ3v) is 5.66. The summed E-state index contributed by atoms with van der Waals surface area (Å²) in [6, 6.07) is 18.1. The molecule has 1 aromatic heterocycles. The van der Waals surface area contributed by atoms with Gasteiger partial charge in [-0.15, -0.1) is 0 Å². The molecule has 0 atom stereocenters. The van der Waals surface area contributed by atoms with E-state index in [4.69, 9.17) is 14.9 Å². The largest absolute Gasteiger partial charge is 0.457 e. The molecule has 1 heterocycles. The Hall–Kier alpha value is -4.18. The normalized spacial score (nSPS) is 10.8. The van der Waals surface area contributed by atoms with Crippen LogP contribution < -0.4 is 5.73 Å². The Labute approximate surface area is 191 Å². The Morgan fingerprint density at radius 2 is 1.82 bits per heavy atom. The van der Waals surface area contributed by atoms with Crippen LogP contribution in [0.4, 0.5) is 5.69 Å². The lowest BCUT2D eigenvalue weighted by Gasteiger charge is -2.10. The van der Waals surface area contributed by atoms with Crippen LogP contribution in [0.25, 0.3) is 11.1 Å². The van der Waals surface area contributed by atoms with Crippen molar-refractivity contribution in [1.29, 1.82) is 0 Å². The summed E-state index contributed by atoms with van der Waals surface area (Å²) in [5.41, 5.74) is 7.44. The van der Waals surface area contributed by atoms with Gasteiger partial charge in [0, 0.05) is 17.4 Å². The zero-order chi connectivity index (χ0) is 23.4. The summed E-state index contributed by atoms with van der Waals surface area (Å²) in [6.07, 6.45) is 0. The van der Waals surface area contributed by atoms with Crippen molar-refractivity contribution in [2.45, 2.75) is 17.6 Å². The summed E-state index contributed by atoms with van der Waals surface area (Å²) in [5, 5.41) is 11.8. The number of oxazole rings is 1. The van der Waals surface area contributed by atoms with Crippen LogP contribution in [-0.4, -0.2) is 21.8 Å². The lowest BCUT2D eigenvalue weighted by atomic mass is 10.1. The molecule has 0 aliphatic carbocycles. The number of primary amides is 1. The number of carbonyl (C=O) groups excluding carboxylic acids is 2. The number of rotatable bonds is 8. The van der Waals surface area contributed by atoms with Crippen molar-refractivity contribution in [3.05, 3.63) is 99.1 Å². The van der Waals surface area contributed by atoms with Gasteiger partial charge in [-0.3, -0.25) is 14.9 Å². The molecule has 0 spiro atoms. The van der Waals surface area contributed by atoms with Crippen LogP contribution in [0.5, 0.6) is 0 Å². The van der Waals surface area contributed by atoms with E-state index in [-0.39, 0.29) is 23.4 Å². The molecule has 166 valence electrons. The monoisotopic (exact) mass is 463 g/mol. The molecule has 0 saturated carbocycles. The Morgan fingerprint density at radius 1 is 1.06 bits per heavy atom. The van der Waals surface area contributed by atoms with E-state index in [0.29, 0.717) is 27.7 Å². The van der Waals surface area contributed by atoms with Crippen molar-refractivity contribution in [3.63, 3.8) is 0 Å².